The first kappa shape index (κ1) is 14.8. The van der Waals surface area contributed by atoms with Gasteiger partial charge in [0.1, 0.15) is 0 Å². The zero-order valence-corrected chi connectivity index (χ0v) is 12.7. The van der Waals surface area contributed by atoms with E-state index in [0.717, 1.165) is 6.42 Å². The Morgan fingerprint density at radius 2 is 1.95 bits per heavy atom. The van der Waals surface area contributed by atoms with E-state index >= 15 is 0 Å². The van der Waals surface area contributed by atoms with Crippen LogP contribution >= 0.6 is 11.3 Å². The molecule has 1 aromatic heterocycles. The Labute approximate surface area is 124 Å². The van der Waals surface area contributed by atoms with E-state index in [2.05, 4.69) is 28.9 Å². The fourth-order valence-corrected chi connectivity index (χ4v) is 2.78. The molecular formula is C16H20N2OS. The number of hydrogen-bond donors (Lipinski definition) is 1. The van der Waals surface area contributed by atoms with Crippen molar-refractivity contribution in [3.63, 3.8) is 0 Å². The van der Waals surface area contributed by atoms with Gasteiger partial charge < -0.3 is 10.2 Å². The predicted molar refractivity (Wildman–Crippen MR) is 83.9 cm³/mol. The van der Waals surface area contributed by atoms with E-state index in [1.165, 1.54) is 10.4 Å². The molecule has 0 fully saturated rings. The lowest BCUT2D eigenvalue weighted by molar-refractivity contribution is -0.127. The lowest BCUT2D eigenvalue weighted by Crippen LogP contribution is -2.35. The van der Waals surface area contributed by atoms with Crippen LogP contribution in [0.2, 0.25) is 0 Å². The summed E-state index contributed by atoms with van der Waals surface area (Å²) >= 11 is 1.72. The largest absolute Gasteiger partial charge is 0.348 e. The van der Waals surface area contributed by atoms with Gasteiger partial charge in [-0.2, -0.15) is 0 Å². The molecule has 2 aromatic rings. The minimum atomic E-state index is 0.0969. The number of thiophene rings is 1. The van der Waals surface area contributed by atoms with Gasteiger partial charge in [0.2, 0.25) is 5.91 Å². The maximum Gasteiger partial charge on any atom is 0.236 e. The van der Waals surface area contributed by atoms with Crippen molar-refractivity contribution < 1.29 is 4.79 Å². The number of nitrogens with one attached hydrogen (secondary N) is 1. The van der Waals surface area contributed by atoms with Crippen LogP contribution in [-0.2, 0) is 11.2 Å². The lowest BCUT2D eigenvalue weighted by Gasteiger charge is -2.19. The molecule has 2 rings (SSSR count). The van der Waals surface area contributed by atoms with Gasteiger partial charge in [0.25, 0.3) is 0 Å². The van der Waals surface area contributed by atoms with Gasteiger partial charge in [-0.1, -0.05) is 36.4 Å². The van der Waals surface area contributed by atoms with Gasteiger partial charge in [-0.25, -0.2) is 0 Å². The van der Waals surface area contributed by atoms with Crippen LogP contribution in [-0.4, -0.2) is 31.4 Å². The summed E-state index contributed by atoms with van der Waals surface area (Å²) < 4.78 is 0. The number of carbonyl (C=O) groups excluding carboxylic acids is 1. The molecule has 0 aliphatic carbocycles. The molecular weight excluding hydrogens is 268 g/mol. The molecule has 0 saturated carbocycles. The topological polar surface area (TPSA) is 32.3 Å². The van der Waals surface area contributed by atoms with Crippen molar-refractivity contribution in [1.29, 1.82) is 0 Å². The van der Waals surface area contributed by atoms with E-state index < -0.39 is 0 Å². The second-order valence-corrected chi connectivity index (χ2v) is 5.91. The maximum absolute atomic E-state index is 11.7. The van der Waals surface area contributed by atoms with Crippen LogP contribution in [0.15, 0.2) is 47.8 Å². The molecule has 1 heterocycles. The van der Waals surface area contributed by atoms with Crippen LogP contribution in [0, 0.1) is 0 Å². The quantitative estimate of drug-likeness (QED) is 0.886. The van der Waals surface area contributed by atoms with Crippen molar-refractivity contribution in [1.82, 2.24) is 10.2 Å². The van der Waals surface area contributed by atoms with E-state index in [1.807, 2.05) is 24.3 Å². The molecule has 0 radical (unpaired) electrons. The van der Waals surface area contributed by atoms with Crippen LogP contribution in [0.3, 0.4) is 0 Å². The summed E-state index contributed by atoms with van der Waals surface area (Å²) in [6, 6.07) is 14.7. The van der Waals surface area contributed by atoms with Gasteiger partial charge >= 0.3 is 0 Å². The molecule has 1 atom stereocenters. The van der Waals surface area contributed by atoms with E-state index in [0.29, 0.717) is 6.54 Å². The highest BCUT2D eigenvalue weighted by molar-refractivity contribution is 7.10. The Morgan fingerprint density at radius 3 is 2.55 bits per heavy atom. The third-order valence-corrected chi connectivity index (χ3v) is 4.15. The Bertz CT molecular complexity index is 523. The third kappa shape index (κ3) is 4.18. The van der Waals surface area contributed by atoms with Gasteiger partial charge in [0, 0.05) is 25.0 Å². The monoisotopic (exact) mass is 288 g/mol. The van der Waals surface area contributed by atoms with Crippen LogP contribution in [0.25, 0.3) is 0 Å². The summed E-state index contributed by atoms with van der Waals surface area (Å²) in [5.74, 6) is 0.0969. The fourth-order valence-electron chi connectivity index (χ4n) is 1.98. The van der Waals surface area contributed by atoms with Crippen molar-refractivity contribution in [2.75, 3.05) is 20.6 Å². The van der Waals surface area contributed by atoms with E-state index in [9.17, 15) is 4.79 Å². The van der Waals surface area contributed by atoms with Crippen molar-refractivity contribution in [3.8, 4) is 0 Å². The second-order valence-electron chi connectivity index (χ2n) is 4.93. The van der Waals surface area contributed by atoms with E-state index in [1.54, 1.807) is 30.3 Å². The fraction of sp³-hybridized carbons (Fsp3) is 0.312. The van der Waals surface area contributed by atoms with Crippen molar-refractivity contribution in [2.45, 2.75) is 12.5 Å². The maximum atomic E-state index is 11.7. The molecule has 0 spiro atoms. The number of carbonyl (C=O) groups is 1. The minimum Gasteiger partial charge on any atom is -0.348 e. The number of likely N-dealkylation sites (N-methyl/N-ethyl adjacent to an activating group) is 1. The number of rotatable bonds is 6. The SMILES string of the molecule is CN(C)C(=O)CN[C@H](Cc1ccccc1)c1cccs1. The number of hydrogen-bond acceptors (Lipinski definition) is 3. The van der Waals surface area contributed by atoms with E-state index in [-0.39, 0.29) is 11.9 Å². The smallest absolute Gasteiger partial charge is 0.236 e. The zero-order chi connectivity index (χ0) is 14.4. The normalized spacial score (nSPS) is 12.1. The summed E-state index contributed by atoms with van der Waals surface area (Å²) in [5.41, 5.74) is 1.27. The molecule has 1 N–H and O–H groups in total. The standard InChI is InChI=1S/C16H20N2OS/c1-18(2)16(19)12-17-14(15-9-6-10-20-15)11-13-7-4-3-5-8-13/h3-10,14,17H,11-12H2,1-2H3/t14-/m1/s1. The van der Waals surface area contributed by atoms with Gasteiger partial charge in [-0.3, -0.25) is 4.79 Å². The molecule has 4 heteroatoms. The van der Waals surface area contributed by atoms with Gasteiger partial charge in [-0.05, 0) is 23.4 Å². The average Bonchev–Trinajstić information content (AvgIpc) is 2.98. The average molecular weight is 288 g/mol. The van der Waals surface area contributed by atoms with Gasteiger partial charge in [-0.15, -0.1) is 11.3 Å². The molecule has 0 aliphatic heterocycles. The molecule has 0 saturated heterocycles. The molecule has 1 amide bonds. The molecule has 3 nitrogen and oxygen atoms in total. The first-order valence-electron chi connectivity index (χ1n) is 6.67. The van der Waals surface area contributed by atoms with Crippen LogP contribution < -0.4 is 5.32 Å². The van der Waals surface area contributed by atoms with Crippen molar-refractivity contribution in [2.24, 2.45) is 0 Å². The zero-order valence-electron chi connectivity index (χ0n) is 11.9. The Balaban J connectivity index is 2.04. The number of nitrogens with zero attached hydrogens (tertiary/aromatic N) is 1. The molecule has 20 heavy (non-hydrogen) atoms. The summed E-state index contributed by atoms with van der Waals surface area (Å²) in [6.45, 7) is 0.363. The minimum absolute atomic E-state index is 0.0969. The van der Waals surface area contributed by atoms with Gasteiger partial charge in [0.15, 0.2) is 0 Å². The molecule has 0 bridgehead atoms. The van der Waals surface area contributed by atoms with Gasteiger partial charge in [0.05, 0.1) is 6.54 Å². The lowest BCUT2D eigenvalue weighted by atomic mass is 10.0. The summed E-state index contributed by atoms with van der Waals surface area (Å²) in [5, 5.41) is 5.44. The highest BCUT2D eigenvalue weighted by atomic mass is 32.1. The number of amides is 1. The van der Waals surface area contributed by atoms with Crippen LogP contribution in [0.5, 0.6) is 0 Å². The van der Waals surface area contributed by atoms with E-state index in [4.69, 9.17) is 0 Å². The Hall–Kier alpha value is -1.65. The first-order chi connectivity index (χ1) is 9.66. The molecule has 1 aromatic carbocycles. The highest BCUT2D eigenvalue weighted by Crippen LogP contribution is 2.22. The Morgan fingerprint density at radius 1 is 1.20 bits per heavy atom. The highest BCUT2D eigenvalue weighted by Gasteiger charge is 2.15. The summed E-state index contributed by atoms with van der Waals surface area (Å²) in [4.78, 5) is 14.6. The van der Waals surface area contributed by atoms with Crippen molar-refractivity contribution >= 4 is 17.2 Å². The summed E-state index contributed by atoms with van der Waals surface area (Å²) in [7, 11) is 3.56. The molecule has 0 unspecified atom stereocenters. The predicted octanol–water partition coefficient (Wildman–Crippen LogP) is 2.71. The molecule has 106 valence electrons. The second kappa shape index (κ2) is 7.22. The van der Waals surface area contributed by atoms with Crippen LogP contribution in [0.4, 0.5) is 0 Å². The number of benzene rings is 1. The van der Waals surface area contributed by atoms with Crippen LogP contribution in [0.1, 0.15) is 16.5 Å². The molecule has 0 aliphatic rings. The third-order valence-electron chi connectivity index (χ3n) is 3.17. The Kier molecular flexibility index (Phi) is 5.32. The summed E-state index contributed by atoms with van der Waals surface area (Å²) in [6.07, 6.45) is 0.891. The van der Waals surface area contributed by atoms with Crippen molar-refractivity contribution in [3.05, 3.63) is 58.3 Å². The first-order valence-corrected chi connectivity index (χ1v) is 7.55.